The standard InChI is InChI=1S/C18H23ClN4O3/c1-2-4-16-20-23(14-8-6-13(19)7-9-14)18(26)22(16)12-17(25)21-10-3-5-15(24)11-21/h6-9,15,24H,2-5,10-12H2,1H3/t15-/m1/s1. The minimum absolute atomic E-state index is 0.0610. The topological polar surface area (TPSA) is 80.4 Å². The Morgan fingerprint density at radius 2 is 2.08 bits per heavy atom. The largest absolute Gasteiger partial charge is 0.391 e. The van der Waals surface area contributed by atoms with E-state index < -0.39 is 6.10 Å². The molecule has 3 rings (SSSR count). The van der Waals surface area contributed by atoms with Gasteiger partial charge in [0.1, 0.15) is 12.4 Å². The maximum absolute atomic E-state index is 12.8. The Labute approximate surface area is 156 Å². The van der Waals surface area contributed by atoms with Crippen LogP contribution in [0.4, 0.5) is 0 Å². The Kier molecular flexibility index (Phi) is 5.78. The number of aliphatic hydroxyl groups excluding tert-OH is 1. The smallest absolute Gasteiger partial charge is 0.351 e. The van der Waals surface area contributed by atoms with Gasteiger partial charge in [0, 0.05) is 24.5 Å². The van der Waals surface area contributed by atoms with Gasteiger partial charge in [-0.15, -0.1) is 5.10 Å². The number of benzene rings is 1. The van der Waals surface area contributed by atoms with E-state index in [-0.39, 0.29) is 18.1 Å². The third kappa shape index (κ3) is 3.99. The third-order valence-corrected chi connectivity index (χ3v) is 4.78. The lowest BCUT2D eigenvalue weighted by Crippen LogP contribution is -2.44. The van der Waals surface area contributed by atoms with Gasteiger partial charge in [-0.2, -0.15) is 4.68 Å². The zero-order valence-corrected chi connectivity index (χ0v) is 15.5. The van der Waals surface area contributed by atoms with Gasteiger partial charge in [-0.3, -0.25) is 9.36 Å². The monoisotopic (exact) mass is 378 g/mol. The molecule has 0 spiro atoms. The highest BCUT2D eigenvalue weighted by molar-refractivity contribution is 6.30. The van der Waals surface area contributed by atoms with Crippen molar-refractivity contribution in [3.8, 4) is 5.69 Å². The van der Waals surface area contributed by atoms with Crippen LogP contribution in [-0.4, -0.2) is 49.5 Å². The maximum atomic E-state index is 12.8. The lowest BCUT2D eigenvalue weighted by molar-refractivity contribution is -0.135. The SMILES string of the molecule is CCCc1nn(-c2ccc(Cl)cc2)c(=O)n1CC(=O)N1CCC[C@@H](O)C1. The molecule has 1 aliphatic heterocycles. The average Bonchev–Trinajstić information content (AvgIpc) is 2.92. The number of hydrogen-bond donors (Lipinski definition) is 1. The van der Waals surface area contributed by atoms with E-state index in [1.54, 1.807) is 29.2 Å². The van der Waals surface area contributed by atoms with E-state index in [9.17, 15) is 14.7 Å². The Hall–Kier alpha value is -2.12. The van der Waals surface area contributed by atoms with Crippen LogP contribution in [0.5, 0.6) is 0 Å². The molecule has 0 bridgehead atoms. The minimum Gasteiger partial charge on any atom is -0.391 e. The number of β-amino-alcohol motifs (C(OH)–C–C–N with tert-alkyl or cyclic N) is 1. The molecule has 140 valence electrons. The Morgan fingerprint density at radius 1 is 1.35 bits per heavy atom. The lowest BCUT2D eigenvalue weighted by Gasteiger charge is -2.30. The molecule has 1 fully saturated rings. The van der Waals surface area contributed by atoms with Crippen molar-refractivity contribution in [3.05, 3.63) is 45.6 Å². The molecule has 0 unspecified atom stereocenters. The average molecular weight is 379 g/mol. The predicted molar refractivity (Wildman–Crippen MR) is 98.6 cm³/mol. The van der Waals surface area contributed by atoms with Crippen LogP contribution in [-0.2, 0) is 17.8 Å². The van der Waals surface area contributed by atoms with Crippen LogP contribution in [0.25, 0.3) is 5.69 Å². The van der Waals surface area contributed by atoms with Gasteiger partial charge in [0.25, 0.3) is 0 Å². The first-order valence-corrected chi connectivity index (χ1v) is 9.28. The maximum Gasteiger partial charge on any atom is 0.351 e. The summed E-state index contributed by atoms with van der Waals surface area (Å²) in [6.07, 6.45) is 2.41. The van der Waals surface area contributed by atoms with Gasteiger partial charge in [0.15, 0.2) is 0 Å². The number of nitrogens with zero attached hydrogens (tertiary/aromatic N) is 4. The highest BCUT2D eigenvalue weighted by Crippen LogP contribution is 2.13. The zero-order chi connectivity index (χ0) is 18.7. The van der Waals surface area contributed by atoms with E-state index in [0.717, 1.165) is 12.8 Å². The molecule has 0 radical (unpaired) electrons. The fourth-order valence-electron chi connectivity index (χ4n) is 3.17. The van der Waals surface area contributed by atoms with E-state index in [1.165, 1.54) is 9.25 Å². The Morgan fingerprint density at radius 3 is 2.73 bits per heavy atom. The summed E-state index contributed by atoms with van der Waals surface area (Å²) in [7, 11) is 0. The first-order valence-electron chi connectivity index (χ1n) is 8.90. The van der Waals surface area contributed by atoms with Gasteiger partial charge in [0.05, 0.1) is 11.8 Å². The number of piperidine rings is 1. The Balaban J connectivity index is 1.89. The zero-order valence-electron chi connectivity index (χ0n) is 14.8. The predicted octanol–water partition coefficient (Wildman–Crippen LogP) is 1.62. The van der Waals surface area contributed by atoms with E-state index >= 15 is 0 Å². The molecule has 0 saturated carbocycles. The molecule has 1 amide bonds. The Bertz CT molecular complexity index is 828. The fraction of sp³-hybridized carbons (Fsp3) is 0.500. The lowest BCUT2D eigenvalue weighted by atomic mass is 10.1. The van der Waals surface area contributed by atoms with Crippen LogP contribution < -0.4 is 5.69 Å². The summed E-state index contributed by atoms with van der Waals surface area (Å²) in [5.41, 5.74) is 0.262. The highest BCUT2D eigenvalue weighted by atomic mass is 35.5. The molecule has 1 aliphatic rings. The number of rotatable bonds is 5. The van der Waals surface area contributed by atoms with Gasteiger partial charge < -0.3 is 10.0 Å². The van der Waals surface area contributed by atoms with Gasteiger partial charge in [-0.25, -0.2) is 4.79 Å². The summed E-state index contributed by atoms with van der Waals surface area (Å²) in [5.74, 6) is 0.414. The summed E-state index contributed by atoms with van der Waals surface area (Å²) < 4.78 is 2.74. The van der Waals surface area contributed by atoms with Crippen molar-refractivity contribution in [2.75, 3.05) is 13.1 Å². The van der Waals surface area contributed by atoms with Crippen molar-refractivity contribution in [2.45, 2.75) is 45.3 Å². The number of carbonyl (C=O) groups is 1. The highest BCUT2D eigenvalue weighted by Gasteiger charge is 2.24. The van der Waals surface area contributed by atoms with E-state index in [2.05, 4.69) is 5.10 Å². The van der Waals surface area contributed by atoms with E-state index in [4.69, 9.17) is 11.6 Å². The van der Waals surface area contributed by atoms with Crippen molar-refractivity contribution in [2.24, 2.45) is 0 Å². The molecule has 26 heavy (non-hydrogen) atoms. The second-order valence-electron chi connectivity index (χ2n) is 6.56. The van der Waals surface area contributed by atoms with Crippen molar-refractivity contribution in [1.29, 1.82) is 0 Å². The van der Waals surface area contributed by atoms with Gasteiger partial charge >= 0.3 is 5.69 Å². The normalized spacial score (nSPS) is 17.5. The number of aromatic nitrogens is 3. The van der Waals surface area contributed by atoms with Crippen LogP contribution in [0.1, 0.15) is 32.0 Å². The van der Waals surface area contributed by atoms with E-state index in [1.807, 2.05) is 6.92 Å². The number of halogens is 1. The third-order valence-electron chi connectivity index (χ3n) is 4.53. The molecule has 1 saturated heterocycles. The summed E-state index contributed by atoms with van der Waals surface area (Å²) in [6, 6.07) is 6.84. The summed E-state index contributed by atoms with van der Waals surface area (Å²) in [5, 5.41) is 14.8. The number of hydrogen-bond acceptors (Lipinski definition) is 4. The first-order chi connectivity index (χ1) is 12.5. The van der Waals surface area contributed by atoms with Crippen LogP contribution in [0.2, 0.25) is 5.02 Å². The molecule has 2 aromatic rings. The van der Waals surface area contributed by atoms with Crippen LogP contribution >= 0.6 is 11.6 Å². The van der Waals surface area contributed by atoms with Crippen molar-refractivity contribution >= 4 is 17.5 Å². The van der Waals surface area contributed by atoms with Crippen LogP contribution in [0.15, 0.2) is 29.1 Å². The second-order valence-corrected chi connectivity index (χ2v) is 7.00. The number of aryl methyl sites for hydroxylation is 1. The molecule has 0 aliphatic carbocycles. The van der Waals surface area contributed by atoms with Gasteiger partial charge in [-0.05, 0) is 43.5 Å². The quantitative estimate of drug-likeness (QED) is 0.857. The van der Waals surface area contributed by atoms with Crippen molar-refractivity contribution in [3.63, 3.8) is 0 Å². The molecule has 7 nitrogen and oxygen atoms in total. The van der Waals surface area contributed by atoms with E-state index in [0.29, 0.717) is 42.5 Å². The summed E-state index contributed by atoms with van der Waals surface area (Å²) >= 11 is 5.91. The number of carbonyl (C=O) groups excluding carboxylic acids is 1. The molecule has 1 aromatic carbocycles. The fourth-order valence-corrected chi connectivity index (χ4v) is 3.30. The molecule has 8 heteroatoms. The number of likely N-dealkylation sites (tertiary alicyclic amines) is 1. The van der Waals surface area contributed by atoms with Crippen LogP contribution in [0.3, 0.4) is 0 Å². The van der Waals surface area contributed by atoms with Gasteiger partial charge in [0.2, 0.25) is 5.91 Å². The summed E-state index contributed by atoms with van der Waals surface area (Å²) in [6.45, 7) is 2.87. The second kappa shape index (κ2) is 8.05. The molecule has 1 atom stereocenters. The molecular formula is C18H23ClN4O3. The molecular weight excluding hydrogens is 356 g/mol. The molecule has 1 N–H and O–H groups in total. The molecule has 2 heterocycles. The van der Waals surface area contributed by atoms with Gasteiger partial charge in [-0.1, -0.05) is 18.5 Å². The number of aliphatic hydroxyl groups is 1. The minimum atomic E-state index is -0.490. The molecule has 1 aromatic heterocycles. The van der Waals surface area contributed by atoms with Crippen LogP contribution in [0, 0.1) is 0 Å². The van der Waals surface area contributed by atoms with Crippen molar-refractivity contribution < 1.29 is 9.90 Å². The first kappa shape index (κ1) is 18.7. The van der Waals surface area contributed by atoms with Crippen molar-refractivity contribution in [1.82, 2.24) is 19.2 Å². The summed E-state index contributed by atoms with van der Waals surface area (Å²) in [4.78, 5) is 27.1. The number of amides is 1.